The van der Waals surface area contributed by atoms with E-state index in [1.165, 1.54) is 0 Å². The molecule has 56 valence electrons. The molecule has 0 aliphatic carbocycles. The monoisotopic (exact) mass is 157 g/mol. The Balaban J connectivity index is 2.84. The predicted molar refractivity (Wildman–Crippen MR) is 45.6 cm³/mol. The molecule has 10 heavy (non-hydrogen) atoms. The SMILES string of the molecule is CS1(N)C=CCC(=O)C=C1. The number of rotatable bonds is 0. The van der Waals surface area contributed by atoms with Crippen LogP contribution in [-0.2, 0) is 4.79 Å². The first-order chi connectivity index (χ1) is 4.60. The Morgan fingerprint density at radius 3 is 3.00 bits per heavy atom. The maximum Gasteiger partial charge on any atom is 0.159 e. The van der Waals surface area contributed by atoms with E-state index in [2.05, 4.69) is 0 Å². The number of allylic oxidation sites excluding steroid dienone is 2. The lowest BCUT2D eigenvalue weighted by molar-refractivity contribution is -0.113. The van der Waals surface area contributed by atoms with Gasteiger partial charge in [-0.25, -0.2) is 0 Å². The normalized spacial score (nSPS) is 38.8. The number of hydrogen-bond acceptors (Lipinski definition) is 2. The highest BCUT2D eigenvalue weighted by Gasteiger charge is 2.06. The largest absolute Gasteiger partial charge is 0.294 e. The lowest BCUT2D eigenvalue weighted by Crippen LogP contribution is -2.00. The summed E-state index contributed by atoms with van der Waals surface area (Å²) in [5.41, 5.74) is 0. The topological polar surface area (TPSA) is 43.1 Å². The van der Waals surface area contributed by atoms with Crippen molar-refractivity contribution in [3.63, 3.8) is 0 Å². The zero-order valence-corrected chi connectivity index (χ0v) is 6.73. The summed E-state index contributed by atoms with van der Waals surface area (Å²) in [5.74, 6) is 0.137. The fourth-order valence-corrected chi connectivity index (χ4v) is 1.75. The van der Waals surface area contributed by atoms with E-state index in [0.29, 0.717) is 6.42 Å². The summed E-state index contributed by atoms with van der Waals surface area (Å²) in [5, 5.41) is 9.53. The molecule has 0 aromatic carbocycles. The second-order valence-corrected chi connectivity index (χ2v) is 5.24. The van der Waals surface area contributed by atoms with E-state index in [-0.39, 0.29) is 5.78 Å². The molecule has 0 saturated carbocycles. The summed E-state index contributed by atoms with van der Waals surface area (Å²) in [4.78, 5) is 10.8. The van der Waals surface area contributed by atoms with E-state index in [0.717, 1.165) is 0 Å². The molecular formula is C7H11NOS. The lowest BCUT2D eigenvalue weighted by atomic mass is 10.3. The maximum absolute atomic E-state index is 10.8. The van der Waals surface area contributed by atoms with Crippen LogP contribution in [0, 0.1) is 0 Å². The molecule has 1 unspecified atom stereocenters. The van der Waals surface area contributed by atoms with Gasteiger partial charge in [-0.1, -0.05) is 6.08 Å². The minimum absolute atomic E-state index is 0.137. The molecular weight excluding hydrogens is 146 g/mol. The Labute approximate surface area is 62.2 Å². The van der Waals surface area contributed by atoms with Crippen molar-refractivity contribution in [1.82, 2.24) is 0 Å². The highest BCUT2D eigenvalue weighted by molar-refractivity contribution is 8.36. The molecule has 0 fully saturated rings. The van der Waals surface area contributed by atoms with Crippen LogP contribution in [0.4, 0.5) is 0 Å². The number of hydrogen-bond donors (Lipinski definition) is 1. The highest BCUT2D eigenvalue weighted by Crippen LogP contribution is 2.39. The predicted octanol–water partition coefficient (Wildman–Crippen LogP) is 1.29. The molecule has 0 aromatic rings. The van der Waals surface area contributed by atoms with Gasteiger partial charge in [-0.05, 0) is 23.1 Å². The third-order valence-electron chi connectivity index (χ3n) is 1.26. The summed E-state index contributed by atoms with van der Waals surface area (Å²) >= 11 is 0. The van der Waals surface area contributed by atoms with E-state index in [1.54, 1.807) is 11.5 Å². The summed E-state index contributed by atoms with van der Waals surface area (Å²) in [6, 6.07) is 0. The molecule has 0 spiro atoms. The number of carbonyl (C=O) groups is 1. The average molecular weight is 157 g/mol. The molecule has 0 aromatic heterocycles. The van der Waals surface area contributed by atoms with Gasteiger partial charge in [0.1, 0.15) is 0 Å². The van der Waals surface area contributed by atoms with Crippen molar-refractivity contribution < 1.29 is 4.79 Å². The van der Waals surface area contributed by atoms with Crippen molar-refractivity contribution in [1.29, 1.82) is 0 Å². The van der Waals surface area contributed by atoms with Crippen molar-refractivity contribution >= 4 is 16.0 Å². The van der Waals surface area contributed by atoms with Crippen LogP contribution >= 0.6 is 10.2 Å². The van der Waals surface area contributed by atoms with E-state index in [1.807, 2.05) is 17.7 Å². The minimum Gasteiger partial charge on any atom is -0.294 e. The highest BCUT2D eigenvalue weighted by atomic mass is 32.3. The second kappa shape index (κ2) is 2.60. The van der Waals surface area contributed by atoms with Crippen molar-refractivity contribution in [3.8, 4) is 0 Å². The van der Waals surface area contributed by atoms with Crippen molar-refractivity contribution in [2.24, 2.45) is 5.14 Å². The molecule has 0 radical (unpaired) electrons. The van der Waals surface area contributed by atoms with Crippen LogP contribution in [0.25, 0.3) is 0 Å². The fraction of sp³-hybridized carbons (Fsp3) is 0.286. The third-order valence-corrected chi connectivity index (χ3v) is 2.76. The Kier molecular flexibility index (Phi) is 1.97. The molecule has 1 rings (SSSR count). The molecule has 1 aliphatic heterocycles. The zero-order chi connectivity index (χ0) is 7.61. The van der Waals surface area contributed by atoms with Crippen LogP contribution in [0.5, 0.6) is 0 Å². The van der Waals surface area contributed by atoms with E-state index in [4.69, 9.17) is 5.14 Å². The third kappa shape index (κ3) is 2.01. The van der Waals surface area contributed by atoms with Crippen LogP contribution in [0.2, 0.25) is 0 Å². The first-order valence-corrected chi connectivity index (χ1v) is 5.27. The van der Waals surface area contributed by atoms with Crippen LogP contribution < -0.4 is 5.14 Å². The quantitative estimate of drug-likeness (QED) is 0.576. The first kappa shape index (κ1) is 7.57. The van der Waals surface area contributed by atoms with Gasteiger partial charge in [-0.3, -0.25) is 9.93 Å². The Morgan fingerprint density at radius 2 is 2.30 bits per heavy atom. The van der Waals surface area contributed by atoms with Gasteiger partial charge < -0.3 is 0 Å². The smallest absolute Gasteiger partial charge is 0.159 e. The van der Waals surface area contributed by atoms with Gasteiger partial charge in [0.05, 0.1) is 0 Å². The second-order valence-electron chi connectivity index (χ2n) is 2.46. The minimum atomic E-state index is -1.23. The standard InChI is InChI=1S/C7H11NOS/c1-10(8)5-2-3-7(9)4-6-10/h2,4-6H,3,8H2,1H3. The summed E-state index contributed by atoms with van der Waals surface area (Å²) in [6.07, 6.45) is 5.86. The molecule has 1 atom stereocenters. The summed E-state index contributed by atoms with van der Waals surface area (Å²) in [7, 11) is -1.23. The van der Waals surface area contributed by atoms with Crippen LogP contribution in [-0.4, -0.2) is 12.0 Å². The van der Waals surface area contributed by atoms with E-state index < -0.39 is 10.2 Å². The van der Waals surface area contributed by atoms with E-state index >= 15 is 0 Å². The fourth-order valence-electron chi connectivity index (χ4n) is 0.708. The molecule has 1 aliphatic rings. The summed E-state index contributed by atoms with van der Waals surface area (Å²) < 4.78 is 0. The van der Waals surface area contributed by atoms with Crippen molar-refractivity contribution in [2.45, 2.75) is 6.42 Å². The Bertz CT molecular complexity index is 206. The van der Waals surface area contributed by atoms with Crippen molar-refractivity contribution in [3.05, 3.63) is 23.0 Å². The molecule has 2 nitrogen and oxygen atoms in total. The van der Waals surface area contributed by atoms with Crippen molar-refractivity contribution in [2.75, 3.05) is 6.26 Å². The average Bonchev–Trinajstić information content (AvgIpc) is 1.94. The van der Waals surface area contributed by atoms with Crippen LogP contribution in [0.15, 0.2) is 23.0 Å². The zero-order valence-electron chi connectivity index (χ0n) is 5.91. The molecule has 2 N–H and O–H groups in total. The van der Waals surface area contributed by atoms with Gasteiger partial charge in [0.15, 0.2) is 5.78 Å². The van der Waals surface area contributed by atoms with Gasteiger partial charge in [-0.2, -0.15) is 10.2 Å². The number of carbonyl (C=O) groups excluding carboxylic acids is 1. The number of ketones is 1. The Hall–Kier alpha value is -0.540. The maximum atomic E-state index is 10.8. The van der Waals surface area contributed by atoms with Gasteiger partial charge >= 0.3 is 0 Å². The lowest BCUT2D eigenvalue weighted by Gasteiger charge is -2.19. The summed E-state index contributed by atoms with van der Waals surface area (Å²) in [6.45, 7) is 0. The van der Waals surface area contributed by atoms with E-state index in [9.17, 15) is 4.79 Å². The van der Waals surface area contributed by atoms with Crippen LogP contribution in [0.3, 0.4) is 0 Å². The van der Waals surface area contributed by atoms with Gasteiger partial charge in [0, 0.05) is 6.42 Å². The van der Waals surface area contributed by atoms with Gasteiger partial charge in [0.2, 0.25) is 0 Å². The molecule has 0 saturated heterocycles. The molecule has 3 heteroatoms. The Morgan fingerprint density at radius 1 is 1.60 bits per heavy atom. The first-order valence-electron chi connectivity index (χ1n) is 3.04. The van der Waals surface area contributed by atoms with Crippen LogP contribution in [0.1, 0.15) is 6.42 Å². The van der Waals surface area contributed by atoms with Gasteiger partial charge in [-0.15, -0.1) is 0 Å². The number of nitrogens with two attached hydrogens (primary N) is 1. The van der Waals surface area contributed by atoms with Gasteiger partial charge in [0.25, 0.3) is 0 Å². The molecule has 0 amide bonds. The molecule has 0 bridgehead atoms. The molecule has 1 heterocycles.